The molecule has 1 atom stereocenters. The molecule has 0 saturated carbocycles. The van der Waals surface area contributed by atoms with E-state index in [2.05, 4.69) is 0 Å². The van der Waals surface area contributed by atoms with E-state index >= 15 is 0 Å². The molecule has 1 aromatic carbocycles. The molecule has 1 unspecified atom stereocenters. The molecule has 0 spiro atoms. The smallest absolute Gasteiger partial charge is 0.326 e. The van der Waals surface area contributed by atoms with E-state index in [0.29, 0.717) is 0 Å². The molecule has 0 radical (unpaired) electrons. The number of aliphatic carboxylic acids is 2. The van der Waals surface area contributed by atoms with E-state index in [9.17, 15) is 19.5 Å². The number of nitrogens with zero attached hydrogens (tertiary/aromatic N) is 1. The van der Waals surface area contributed by atoms with Crippen LogP contribution in [0, 0.1) is 0 Å². The minimum Gasteiger partial charge on any atom is -0.481 e. The number of hydrogen-bond acceptors (Lipinski definition) is 5. The number of benzene rings is 1. The summed E-state index contributed by atoms with van der Waals surface area (Å²) in [6, 6.07) is 7.90. The van der Waals surface area contributed by atoms with Gasteiger partial charge in [0.2, 0.25) is 0 Å². The lowest BCUT2D eigenvalue weighted by Gasteiger charge is -2.22. The minimum atomic E-state index is -1.33. The molecule has 1 amide bonds. The van der Waals surface area contributed by atoms with Gasteiger partial charge in [-0.15, -0.1) is 0 Å². The normalized spacial score (nSPS) is 17.7. The number of carboxylic acids is 2. The van der Waals surface area contributed by atoms with Crippen LogP contribution in [-0.4, -0.2) is 43.3 Å². The highest BCUT2D eigenvalue weighted by atomic mass is 35.5. The van der Waals surface area contributed by atoms with Crippen LogP contribution in [0.15, 0.2) is 46.3 Å². The molecule has 2 N–H and O–H groups in total. The molecule has 136 valence electrons. The molecule has 0 aromatic heterocycles. The molecule has 2 rings (SSSR count). The van der Waals surface area contributed by atoms with E-state index in [0.717, 1.165) is 22.2 Å². The summed E-state index contributed by atoms with van der Waals surface area (Å²) in [5.41, 5.74) is 0.842. The van der Waals surface area contributed by atoms with Crippen molar-refractivity contribution in [1.29, 1.82) is 0 Å². The zero-order valence-corrected chi connectivity index (χ0v) is 15.7. The van der Waals surface area contributed by atoms with E-state index in [1.807, 2.05) is 30.3 Å². The first-order valence-electron chi connectivity index (χ1n) is 7.43. The maximum absolute atomic E-state index is 12.5. The van der Waals surface area contributed by atoms with Crippen LogP contribution < -0.4 is 0 Å². The number of hydrogen-bond donors (Lipinski definition) is 2. The Morgan fingerprint density at radius 3 is 2.50 bits per heavy atom. The number of halogens is 1. The highest BCUT2D eigenvalue weighted by molar-refractivity contribution is 8.26. The van der Waals surface area contributed by atoms with Crippen LogP contribution in [0.5, 0.6) is 0 Å². The van der Waals surface area contributed by atoms with E-state index in [1.165, 1.54) is 6.08 Å². The predicted molar refractivity (Wildman–Crippen MR) is 104 cm³/mol. The maximum atomic E-state index is 12.5. The highest BCUT2D eigenvalue weighted by Crippen LogP contribution is 2.35. The van der Waals surface area contributed by atoms with Crippen molar-refractivity contribution in [3.05, 3.63) is 51.9 Å². The Hall–Kier alpha value is -2.16. The molecule has 1 aromatic rings. The number of amides is 1. The lowest BCUT2D eigenvalue weighted by atomic mass is 10.1. The van der Waals surface area contributed by atoms with Gasteiger partial charge in [0.1, 0.15) is 10.4 Å². The Kier molecular flexibility index (Phi) is 6.96. The molecule has 9 heteroatoms. The van der Waals surface area contributed by atoms with Crippen LogP contribution >= 0.6 is 35.6 Å². The van der Waals surface area contributed by atoms with Gasteiger partial charge in [0.25, 0.3) is 5.91 Å². The number of rotatable bonds is 7. The van der Waals surface area contributed by atoms with Crippen molar-refractivity contribution in [3.63, 3.8) is 0 Å². The number of carbonyl (C=O) groups is 3. The highest BCUT2D eigenvalue weighted by Gasteiger charge is 2.40. The van der Waals surface area contributed by atoms with Crippen LogP contribution in [-0.2, 0) is 14.4 Å². The van der Waals surface area contributed by atoms with Crippen LogP contribution in [0.25, 0.3) is 6.08 Å². The summed E-state index contributed by atoms with van der Waals surface area (Å²) in [4.78, 5) is 35.8. The summed E-state index contributed by atoms with van der Waals surface area (Å²) in [5.74, 6) is -3.06. The van der Waals surface area contributed by atoms with Gasteiger partial charge in [-0.05, 0) is 24.1 Å². The number of thioether (sulfide) groups is 1. The van der Waals surface area contributed by atoms with E-state index < -0.39 is 23.9 Å². The van der Waals surface area contributed by atoms with Crippen LogP contribution in [0.4, 0.5) is 0 Å². The maximum Gasteiger partial charge on any atom is 0.326 e. The Morgan fingerprint density at radius 2 is 1.92 bits per heavy atom. The molecular formula is C17H14ClNO5S2. The van der Waals surface area contributed by atoms with Crippen LogP contribution in [0.2, 0.25) is 0 Å². The van der Waals surface area contributed by atoms with Crippen molar-refractivity contribution < 1.29 is 24.6 Å². The SMILES string of the molecule is O=C(O)CCC(C(=O)O)N1C(=O)C(=CC(Cl)=Cc2ccccc2)SC1=S. The summed E-state index contributed by atoms with van der Waals surface area (Å²) in [5, 5.41) is 18.4. The number of carbonyl (C=O) groups excluding carboxylic acids is 1. The first-order valence-corrected chi connectivity index (χ1v) is 9.03. The second-order valence-electron chi connectivity index (χ2n) is 5.28. The monoisotopic (exact) mass is 411 g/mol. The van der Waals surface area contributed by atoms with Crippen molar-refractivity contribution in [3.8, 4) is 0 Å². The van der Waals surface area contributed by atoms with Crippen molar-refractivity contribution in [1.82, 2.24) is 4.90 Å². The molecule has 1 heterocycles. The van der Waals surface area contributed by atoms with Gasteiger partial charge in [-0.2, -0.15) is 0 Å². The summed E-state index contributed by atoms with van der Waals surface area (Å²) in [6.07, 6.45) is 2.46. The number of thiocarbonyl (C=S) groups is 1. The summed E-state index contributed by atoms with van der Waals surface area (Å²) in [7, 11) is 0. The molecule has 0 aliphatic carbocycles. The van der Waals surface area contributed by atoms with Crippen molar-refractivity contribution in [2.75, 3.05) is 0 Å². The molecule has 26 heavy (non-hydrogen) atoms. The van der Waals surface area contributed by atoms with Crippen LogP contribution in [0.3, 0.4) is 0 Å². The second kappa shape index (κ2) is 8.98. The Balaban J connectivity index is 2.22. The fourth-order valence-corrected chi connectivity index (χ4v) is 3.89. The van der Waals surface area contributed by atoms with Crippen molar-refractivity contribution >= 4 is 63.8 Å². The zero-order chi connectivity index (χ0) is 19.3. The molecule has 1 aliphatic rings. The third-order valence-corrected chi connectivity index (χ3v) is 4.97. The van der Waals surface area contributed by atoms with Gasteiger partial charge in [-0.3, -0.25) is 14.5 Å². The standard InChI is InChI=1S/C17H14ClNO5S2/c18-11(8-10-4-2-1-3-5-10)9-13-15(22)19(17(25)26-13)12(16(23)24)6-7-14(20)21/h1-5,8-9,12H,6-7H2,(H,20,21)(H,23,24). The van der Waals surface area contributed by atoms with E-state index in [4.69, 9.17) is 28.9 Å². The van der Waals surface area contributed by atoms with Gasteiger partial charge in [0.05, 0.1) is 4.91 Å². The summed E-state index contributed by atoms with van der Waals surface area (Å²) < 4.78 is 0.0585. The lowest BCUT2D eigenvalue weighted by Crippen LogP contribution is -2.44. The molecule has 1 fully saturated rings. The topological polar surface area (TPSA) is 94.9 Å². The van der Waals surface area contributed by atoms with Crippen LogP contribution in [0.1, 0.15) is 18.4 Å². The minimum absolute atomic E-state index is 0.0585. The van der Waals surface area contributed by atoms with Gasteiger partial charge in [-0.25, -0.2) is 4.79 Å². The molecule has 0 bridgehead atoms. The average molecular weight is 412 g/mol. The first kappa shape index (κ1) is 20.2. The summed E-state index contributed by atoms with van der Waals surface area (Å²) >= 11 is 12.2. The Labute approximate surface area is 164 Å². The van der Waals surface area contributed by atoms with Gasteiger partial charge < -0.3 is 10.2 Å². The Bertz CT molecular complexity index is 807. The predicted octanol–water partition coefficient (Wildman–Crippen LogP) is 3.33. The fourth-order valence-electron chi connectivity index (χ4n) is 2.25. The van der Waals surface area contributed by atoms with Gasteiger partial charge in [0.15, 0.2) is 0 Å². The number of carboxylic acid groups (broad SMARTS) is 2. The van der Waals surface area contributed by atoms with Gasteiger partial charge in [0, 0.05) is 11.5 Å². The molecular weight excluding hydrogens is 398 g/mol. The number of allylic oxidation sites excluding steroid dienone is 2. The van der Waals surface area contributed by atoms with E-state index in [1.54, 1.807) is 6.08 Å². The fraction of sp³-hybridized carbons (Fsp3) is 0.176. The largest absolute Gasteiger partial charge is 0.481 e. The molecule has 1 aliphatic heterocycles. The van der Waals surface area contributed by atoms with Crippen molar-refractivity contribution in [2.45, 2.75) is 18.9 Å². The average Bonchev–Trinajstić information content (AvgIpc) is 2.83. The van der Waals surface area contributed by atoms with Gasteiger partial charge in [-0.1, -0.05) is 65.9 Å². The first-order chi connectivity index (χ1) is 12.3. The second-order valence-corrected chi connectivity index (χ2v) is 7.39. The quantitative estimate of drug-likeness (QED) is 0.524. The van der Waals surface area contributed by atoms with Gasteiger partial charge >= 0.3 is 11.9 Å². The Morgan fingerprint density at radius 1 is 1.27 bits per heavy atom. The lowest BCUT2D eigenvalue weighted by molar-refractivity contribution is -0.146. The summed E-state index contributed by atoms with van der Waals surface area (Å²) in [6.45, 7) is 0. The third-order valence-electron chi connectivity index (χ3n) is 3.43. The molecule has 6 nitrogen and oxygen atoms in total. The molecule has 1 saturated heterocycles. The zero-order valence-electron chi connectivity index (χ0n) is 13.3. The van der Waals surface area contributed by atoms with Crippen molar-refractivity contribution in [2.24, 2.45) is 0 Å². The third kappa shape index (κ3) is 5.17. The van der Waals surface area contributed by atoms with E-state index in [-0.39, 0.29) is 27.1 Å².